The van der Waals surface area contributed by atoms with E-state index in [1.54, 1.807) is 7.11 Å². The summed E-state index contributed by atoms with van der Waals surface area (Å²) in [4.78, 5) is 22.2. The molecule has 3 heterocycles. The molecule has 160 valence electrons. The van der Waals surface area contributed by atoms with Gasteiger partial charge in [-0.1, -0.05) is 26.0 Å². The van der Waals surface area contributed by atoms with Crippen LogP contribution in [0.5, 0.6) is 5.75 Å². The maximum Gasteiger partial charge on any atom is 0.241 e. The first-order valence-electron chi connectivity index (χ1n) is 10.7. The average molecular weight is 409 g/mol. The molecular formula is C24H32N4O2. The average Bonchev–Trinajstić information content (AvgIpc) is 2.99. The maximum atomic E-state index is 13.2. The molecule has 1 aromatic heterocycles. The summed E-state index contributed by atoms with van der Waals surface area (Å²) in [6.45, 7) is 10.5. The lowest BCUT2D eigenvalue weighted by Crippen LogP contribution is -2.52. The van der Waals surface area contributed by atoms with E-state index in [1.165, 1.54) is 5.56 Å². The molecule has 2 aliphatic heterocycles. The monoisotopic (exact) mass is 408 g/mol. The normalized spacial score (nSPS) is 20.8. The van der Waals surface area contributed by atoms with E-state index >= 15 is 0 Å². The van der Waals surface area contributed by atoms with Crippen LogP contribution >= 0.6 is 0 Å². The van der Waals surface area contributed by atoms with Gasteiger partial charge in [0.25, 0.3) is 0 Å². The second-order valence-electron chi connectivity index (χ2n) is 9.17. The summed E-state index contributed by atoms with van der Waals surface area (Å²) in [5, 5.41) is 3.44. The number of nitrogens with zero attached hydrogens (tertiary/aromatic N) is 3. The SMILES string of the molecule is COc1ccc(Cc2cc3c(cn2)C(C)(C)CN3C(=O)CN2CCNC(C)C2)cc1. The van der Waals surface area contributed by atoms with Crippen molar-refractivity contribution in [3.8, 4) is 5.75 Å². The third kappa shape index (κ3) is 4.35. The molecule has 2 aromatic rings. The third-order valence-electron chi connectivity index (χ3n) is 6.17. The zero-order valence-corrected chi connectivity index (χ0v) is 18.4. The largest absolute Gasteiger partial charge is 0.497 e. The highest BCUT2D eigenvalue weighted by atomic mass is 16.5. The van der Waals surface area contributed by atoms with Crippen LogP contribution in [-0.4, -0.2) is 61.7 Å². The molecule has 1 unspecified atom stereocenters. The predicted molar refractivity (Wildman–Crippen MR) is 119 cm³/mol. The van der Waals surface area contributed by atoms with Gasteiger partial charge in [0.05, 0.1) is 19.3 Å². The van der Waals surface area contributed by atoms with Crippen molar-refractivity contribution in [3.63, 3.8) is 0 Å². The first kappa shape index (κ1) is 20.8. The summed E-state index contributed by atoms with van der Waals surface area (Å²) >= 11 is 0. The summed E-state index contributed by atoms with van der Waals surface area (Å²) in [6, 6.07) is 10.6. The molecule has 0 radical (unpaired) electrons. The van der Waals surface area contributed by atoms with E-state index in [0.717, 1.165) is 48.7 Å². The van der Waals surface area contributed by atoms with Gasteiger partial charge in [-0.2, -0.15) is 0 Å². The molecule has 2 aliphatic rings. The first-order chi connectivity index (χ1) is 14.4. The molecule has 1 N–H and O–H groups in total. The van der Waals surface area contributed by atoms with Crippen LogP contribution in [0, 0.1) is 0 Å². The van der Waals surface area contributed by atoms with E-state index in [2.05, 4.69) is 49.2 Å². The number of carbonyl (C=O) groups excluding carboxylic acids is 1. The van der Waals surface area contributed by atoms with Crippen molar-refractivity contribution < 1.29 is 9.53 Å². The van der Waals surface area contributed by atoms with Crippen molar-refractivity contribution in [2.45, 2.75) is 38.6 Å². The smallest absolute Gasteiger partial charge is 0.241 e. The van der Waals surface area contributed by atoms with Crippen LogP contribution in [0.3, 0.4) is 0 Å². The molecule has 6 heteroatoms. The zero-order valence-electron chi connectivity index (χ0n) is 18.4. The van der Waals surface area contributed by atoms with Gasteiger partial charge in [-0.3, -0.25) is 14.7 Å². The second kappa shape index (κ2) is 8.36. The Hall–Kier alpha value is -2.44. The van der Waals surface area contributed by atoms with Gasteiger partial charge >= 0.3 is 0 Å². The highest BCUT2D eigenvalue weighted by Gasteiger charge is 2.39. The van der Waals surface area contributed by atoms with Crippen molar-refractivity contribution in [3.05, 3.63) is 53.3 Å². The number of hydrogen-bond donors (Lipinski definition) is 1. The Bertz CT molecular complexity index is 910. The fourth-order valence-electron chi connectivity index (χ4n) is 4.50. The minimum Gasteiger partial charge on any atom is -0.497 e. The van der Waals surface area contributed by atoms with Crippen molar-refractivity contribution in [1.29, 1.82) is 0 Å². The number of rotatable bonds is 5. The molecule has 0 spiro atoms. The molecule has 30 heavy (non-hydrogen) atoms. The number of hydrogen-bond acceptors (Lipinski definition) is 5. The fourth-order valence-corrected chi connectivity index (χ4v) is 4.50. The van der Waals surface area contributed by atoms with E-state index in [1.807, 2.05) is 23.2 Å². The quantitative estimate of drug-likeness (QED) is 0.824. The molecule has 1 aromatic carbocycles. The van der Waals surface area contributed by atoms with Crippen molar-refractivity contribution >= 4 is 11.6 Å². The summed E-state index contributed by atoms with van der Waals surface area (Å²) in [5.74, 6) is 1.03. The fraction of sp³-hybridized carbons (Fsp3) is 0.500. The Balaban J connectivity index is 1.54. The van der Waals surface area contributed by atoms with E-state index in [4.69, 9.17) is 9.72 Å². The number of amides is 1. The summed E-state index contributed by atoms with van der Waals surface area (Å²) in [5.41, 5.74) is 4.24. The number of benzene rings is 1. The van der Waals surface area contributed by atoms with E-state index < -0.39 is 0 Å². The Morgan fingerprint density at radius 3 is 2.77 bits per heavy atom. The summed E-state index contributed by atoms with van der Waals surface area (Å²) in [7, 11) is 1.67. The standard InChI is InChI=1S/C24H32N4O2/c1-17-14-27(10-9-25-17)15-23(29)28-16-24(2,3)21-13-26-19(12-22(21)28)11-18-5-7-20(30-4)8-6-18/h5-8,12-13,17,25H,9-11,14-16H2,1-4H3. The van der Waals surface area contributed by atoms with Gasteiger partial charge in [0, 0.05) is 61.5 Å². The number of carbonyl (C=O) groups is 1. The van der Waals surface area contributed by atoms with Crippen LogP contribution in [0.4, 0.5) is 5.69 Å². The number of pyridine rings is 1. The van der Waals surface area contributed by atoms with Crippen LogP contribution in [0.2, 0.25) is 0 Å². The number of piperazine rings is 1. The lowest BCUT2D eigenvalue weighted by atomic mass is 9.88. The minimum atomic E-state index is -0.0899. The number of fused-ring (bicyclic) bond motifs is 1. The van der Waals surface area contributed by atoms with Crippen molar-refractivity contribution in [1.82, 2.24) is 15.2 Å². The number of anilines is 1. The molecule has 4 rings (SSSR count). The topological polar surface area (TPSA) is 57.7 Å². The maximum absolute atomic E-state index is 13.2. The van der Waals surface area contributed by atoms with Gasteiger partial charge in [-0.25, -0.2) is 0 Å². The molecule has 1 amide bonds. The van der Waals surface area contributed by atoms with E-state index in [0.29, 0.717) is 19.1 Å². The Morgan fingerprint density at radius 2 is 2.07 bits per heavy atom. The van der Waals surface area contributed by atoms with Crippen LogP contribution in [0.1, 0.15) is 37.6 Å². The molecule has 0 aliphatic carbocycles. The molecule has 0 saturated carbocycles. The molecule has 1 atom stereocenters. The first-order valence-corrected chi connectivity index (χ1v) is 10.7. The summed E-state index contributed by atoms with van der Waals surface area (Å²) < 4.78 is 5.24. The molecule has 1 fully saturated rings. The number of aromatic nitrogens is 1. The van der Waals surface area contributed by atoms with E-state index in [9.17, 15) is 4.79 Å². The Kier molecular flexibility index (Phi) is 5.80. The minimum absolute atomic E-state index is 0.0899. The molecule has 0 bridgehead atoms. The van der Waals surface area contributed by atoms with Crippen LogP contribution in [-0.2, 0) is 16.6 Å². The second-order valence-corrected chi connectivity index (χ2v) is 9.17. The molecular weight excluding hydrogens is 376 g/mol. The third-order valence-corrected chi connectivity index (χ3v) is 6.17. The van der Waals surface area contributed by atoms with Crippen molar-refractivity contribution in [2.24, 2.45) is 0 Å². The Morgan fingerprint density at radius 1 is 1.30 bits per heavy atom. The van der Waals surface area contributed by atoms with Crippen LogP contribution in [0.15, 0.2) is 36.5 Å². The number of nitrogens with one attached hydrogen (secondary N) is 1. The van der Waals surface area contributed by atoms with Gasteiger partial charge in [0.15, 0.2) is 0 Å². The zero-order chi connectivity index (χ0) is 21.3. The Labute approximate surface area is 179 Å². The van der Waals surface area contributed by atoms with Gasteiger partial charge in [-0.05, 0) is 30.7 Å². The van der Waals surface area contributed by atoms with Crippen LogP contribution in [0.25, 0.3) is 0 Å². The lowest BCUT2D eigenvalue weighted by Gasteiger charge is -2.32. The molecule has 1 saturated heterocycles. The van der Waals surface area contributed by atoms with Gasteiger partial charge < -0.3 is 15.0 Å². The highest BCUT2D eigenvalue weighted by molar-refractivity contribution is 5.97. The number of methoxy groups -OCH3 is 1. The summed E-state index contributed by atoms with van der Waals surface area (Å²) in [6.07, 6.45) is 2.70. The van der Waals surface area contributed by atoms with Crippen LogP contribution < -0.4 is 15.0 Å². The lowest BCUT2D eigenvalue weighted by molar-refractivity contribution is -0.120. The van der Waals surface area contributed by atoms with Gasteiger partial charge in [0.2, 0.25) is 5.91 Å². The molecule has 6 nitrogen and oxygen atoms in total. The number of ether oxygens (including phenoxy) is 1. The van der Waals surface area contributed by atoms with Gasteiger partial charge in [-0.15, -0.1) is 0 Å². The highest BCUT2D eigenvalue weighted by Crippen LogP contribution is 2.40. The van der Waals surface area contributed by atoms with E-state index in [-0.39, 0.29) is 11.3 Å². The predicted octanol–water partition coefficient (Wildman–Crippen LogP) is 2.60. The van der Waals surface area contributed by atoms with Crippen molar-refractivity contribution in [2.75, 3.05) is 44.7 Å². The van der Waals surface area contributed by atoms with Gasteiger partial charge in [0.1, 0.15) is 5.75 Å².